The van der Waals surface area contributed by atoms with Crippen molar-refractivity contribution < 1.29 is 11.4 Å². The van der Waals surface area contributed by atoms with Gasteiger partial charge in [-0.3, -0.25) is 0 Å². The third-order valence-corrected chi connectivity index (χ3v) is 3.96. The van der Waals surface area contributed by atoms with E-state index in [1.54, 1.807) is 0 Å². The first kappa shape index (κ1) is 25.6. The van der Waals surface area contributed by atoms with Crippen LogP contribution in [0.3, 0.4) is 0 Å². The normalized spacial score (nSPS) is 10.6. The van der Waals surface area contributed by atoms with E-state index in [1.807, 2.05) is 0 Å². The van der Waals surface area contributed by atoms with Gasteiger partial charge in [0, 0.05) is 0 Å². The molecule has 0 atom stereocenters. The van der Waals surface area contributed by atoms with Gasteiger partial charge in [0.15, 0.2) is 0 Å². The summed E-state index contributed by atoms with van der Waals surface area (Å²) in [6.07, 6.45) is 23.4. The van der Waals surface area contributed by atoms with Crippen LogP contribution in [0.1, 0.15) is 117 Å². The van der Waals surface area contributed by atoms with Crippen molar-refractivity contribution in [2.24, 2.45) is 0 Å². The Kier molecular flexibility index (Phi) is 28.7. The topological polar surface area (TPSA) is 0 Å². The van der Waals surface area contributed by atoms with E-state index >= 15 is 0 Å². The molecule has 0 radical (unpaired) electrons. The van der Waals surface area contributed by atoms with Gasteiger partial charge >= 0.3 is 41.5 Å². The SMILES string of the molecule is CCCCCCCCCCCCCCCCCC.[Cl][Cr]([Cl])[Cl]. The molecule has 0 bridgehead atoms. The fraction of sp³-hybridized carbons (Fsp3) is 1.00. The van der Waals surface area contributed by atoms with Gasteiger partial charge in [-0.1, -0.05) is 117 Å². The predicted molar refractivity (Wildman–Crippen MR) is 103 cm³/mol. The average Bonchev–Trinajstić information content (AvgIpc) is 2.47. The number of unbranched alkanes of at least 4 members (excludes halogenated alkanes) is 15. The Morgan fingerprint density at radius 2 is 0.545 bits per heavy atom. The summed E-state index contributed by atoms with van der Waals surface area (Å²) in [6.45, 7) is 4.59. The summed E-state index contributed by atoms with van der Waals surface area (Å²) in [4.78, 5) is 0. The number of rotatable bonds is 15. The third kappa shape index (κ3) is 33.1. The van der Waals surface area contributed by atoms with E-state index < -0.39 is 11.4 Å². The van der Waals surface area contributed by atoms with Crippen molar-refractivity contribution in [1.29, 1.82) is 0 Å². The third-order valence-electron chi connectivity index (χ3n) is 3.96. The van der Waals surface area contributed by atoms with Crippen LogP contribution >= 0.6 is 30.1 Å². The molecule has 0 spiro atoms. The average molecular weight is 413 g/mol. The molecule has 0 rings (SSSR count). The molecule has 0 aliphatic heterocycles. The summed E-state index contributed by atoms with van der Waals surface area (Å²) in [7, 11) is 14.8. The molecule has 22 heavy (non-hydrogen) atoms. The second kappa shape index (κ2) is 24.7. The van der Waals surface area contributed by atoms with E-state index in [-0.39, 0.29) is 0 Å². The fourth-order valence-corrected chi connectivity index (χ4v) is 2.62. The quantitative estimate of drug-likeness (QED) is 0.235. The molecule has 0 aromatic rings. The van der Waals surface area contributed by atoms with Crippen molar-refractivity contribution >= 4 is 30.1 Å². The minimum absolute atomic E-state index is 1.37. The zero-order chi connectivity index (χ0) is 16.9. The zero-order valence-corrected chi connectivity index (χ0v) is 18.4. The van der Waals surface area contributed by atoms with E-state index in [2.05, 4.69) is 13.8 Å². The van der Waals surface area contributed by atoms with Gasteiger partial charge in [-0.25, -0.2) is 0 Å². The molecule has 4 heteroatoms. The first-order chi connectivity index (χ1) is 10.6. The first-order valence-electron chi connectivity index (χ1n) is 9.38. The monoisotopic (exact) mass is 411 g/mol. The van der Waals surface area contributed by atoms with Crippen LogP contribution in [0.5, 0.6) is 0 Å². The summed E-state index contributed by atoms with van der Waals surface area (Å²) < 4.78 is 0. The second-order valence-corrected chi connectivity index (χ2v) is 12.4. The molecule has 0 N–H and O–H groups in total. The predicted octanol–water partition coefficient (Wildman–Crippen LogP) is 9.33. The molecular formula is C18H38Cl3Cr. The second-order valence-electron chi connectivity index (χ2n) is 6.12. The van der Waals surface area contributed by atoms with E-state index in [4.69, 9.17) is 30.1 Å². The molecule has 137 valence electrons. The van der Waals surface area contributed by atoms with Crippen molar-refractivity contribution in [1.82, 2.24) is 0 Å². The van der Waals surface area contributed by atoms with Crippen LogP contribution in [0.15, 0.2) is 0 Å². The molecule has 0 saturated carbocycles. The number of hydrogen-bond acceptors (Lipinski definition) is 0. The molecule has 0 heterocycles. The number of hydrogen-bond donors (Lipinski definition) is 0. The van der Waals surface area contributed by atoms with Crippen LogP contribution in [0, 0.1) is 0 Å². The van der Waals surface area contributed by atoms with Crippen molar-refractivity contribution in [3.8, 4) is 0 Å². The molecule has 0 aliphatic carbocycles. The van der Waals surface area contributed by atoms with Crippen molar-refractivity contribution in [2.45, 2.75) is 117 Å². The summed E-state index contributed by atoms with van der Waals surface area (Å²) >= 11 is -1.62. The maximum atomic E-state index is 4.93. The van der Waals surface area contributed by atoms with Gasteiger partial charge in [0.1, 0.15) is 0 Å². The van der Waals surface area contributed by atoms with Crippen LogP contribution in [0.4, 0.5) is 0 Å². The van der Waals surface area contributed by atoms with Gasteiger partial charge in [-0.05, 0) is 0 Å². The Morgan fingerprint density at radius 1 is 0.409 bits per heavy atom. The van der Waals surface area contributed by atoms with E-state index in [0.717, 1.165) is 0 Å². The van der Waals surface area contributed by atoms with Crippen LogP contribution < -0.4 is 0 Å². The van der Waals surface area contributed by atoms with E-state index in [0.29, 0.717) is 0 Å². The van der Waals surface area contributed by atoms with Gasteiger partial charge in [0.2, 0.25) is 0 Å². The maximum absolute atomic E-state index is 4.93. The minimum atomic E-state index is -1.62. The molecule has 0 amide bonds. The molecule has 0 aromatic carbocycles. The van der Waals surface area contributed by atoms with Crippen LogP contribution in [0.2, 0.25) is 0 Å². The molecular weight excluding hydrogens is 375 g/mol. The molecule has 0 fully saturated rings. The summed E-state index contributed by atoms with van der Waals surface area (Å²) in [6, 6.07) is 0. The molecule has 0 unspecified atom stereocenters. The van der Waals surface area contributed by atoms with Crippen molar-refractivity contribution in [2.75, 3.05) is 0 Å². The summed E-state index contributed by atoms with van der Waals surface area (Å²) in [5, 5.41) is 0. The summed E-state index contributed by atoms with van der Waals surface area (Å²) in [5.74, 6) is 0. The number of halogens is 3. The molecule has 0 nitrogen and oxygen atoms in total. The van der Waals surface area contributed by atoms with E-state index in [9.17, 15) is 0 Å². The molecule has 0 aliphatic rings. The molecule has 0 aromatic heterocycles. The Morgan fingerprint density at radius 3 is 0.682 bits per heavy atom. The molecule has 0 saturated heterocycles. The van der Waals surface area contributed by atoms with Gasteiger partial charge in [-0.2, -0.15) is 0 Å². The Labute approximate surface area is 157 Å². The first-order valence-corrected chi connectivity index (χ1v) is 14.6. The van der Waals surface area contributed by atoms with E-state index in [1.165, 1.54) is 103 Å². The Balaban J connectivity index is 0. The van der Waals surface area contributed by atoms with Crippen molar-refractivity contribution in [3.05, 3.63) is 0 Å². The van der Waals surface area contributed by atoms with Crippen molar-refractivity contribution in [3.63, 3.8) is 0 Å². The van der Waals surface area contributed by atoms with Gasteiger partial charge in [0.05, 0.1) is 0 Å². The van der Waals surface area contributed by atoms with Gasteiger partial charge in [-0.15, -0.1) is 0 Å². The standard InChI is InChI=1S/C18H38.3ClH.Cr/c1-3-5-7-9-11-13-15-17-18-16-14-12-10-8-6-4-2;;;;/h3-18H2,1-2H3;3*1H;/q;;;;+3/p-3. The van der Waals surface area contributed by atoms with Gasteiger partial charge < -0.3 is 0 Å². The van der Waals surface area contributed by atoms with Crippen LogP contribution in [-0.4, -0.2) is 0 Å². The van der Waals surface area contributed by atoms with Gasteiger partial charge in [0.25, 0.3) is 0 Å². The zero-order valence-electron chi connectivity index (χ0n) is 14.9. The Hall–Kier alpha value is 1.40. The fourth-order valence-electron chi connectivity index (χ4n) is 2.62. The Bertz CT molecular complexity index is 159. The van der Waals surface area contributed by atoms with Crippen LogP contribution in [0.25, 0.3) is 0 Å². The summed E-state index contributed by atoms with van der Waals surface area (Å²) in [5.41, 5.74) is 0. The van der Waals surface area contributed by atoms with Crippen LogP contribution in [-0.2, 0) is 11.4 Å².